The molecule has 0 spiro atoms. The van der Waals surface area contributed by atoms with Gasteiger partial charge in [-0.2, -0.15) is 0 Å². The first-order chi connectivity index (χ1) is 5.63. The lowest BCUT2D eigenvalue weighted by atomic mass is 9.95. The molecule has 0 bridgehead atoms. The molecule has 2 atom stereocenters. The van der Waals surface area contributed by atoms with Crippen LogP contribution >= 0.6 is 12.4 Å². The van der Waals surface area contributed by atoms with Crippen LogP contribution in [0.1, 0.15) is 39.5 Å². The van der Waals surface area contributed by atoms with Crippen LogP contribution in [0.3, 0.4) is 0 Å². The van der Waals surface area contributed by atoms with Crippen LogP contribution in [0.2, 0.25) is 0 Å². The summed E-state index contributed by atoms with van der Waals surface area (Å²) in [6, 6.07) is 0. The van der Waals surface area contributed by atoms with Gasteiger partial charge in [-0.1, -0.05) is 26.7 Å². The van der Waals surface area contributed by atoms with Gasteiger partial charge < -0.3 is 10.2 Å². The monoisotopic (exact) mass is 210 g/mol. The predicted octanol–water partition coefficient (Wildman–Crippen LogP) is 2.07. The molecule has 0 saturated carbocycles. The third-order valence-electron chi connectivity index (χ3n) is 2.07. The first kappa shape index (κ1) is 15.2. The van der Waals surface area contributed by atoms with Crippen molar-refractivity contribution < 1.29 is 15.0 Å². The molecule has 0 aromatic carbocycles. The standard InChI is InChI=1S/C9H18O3.ClH/c1-3-5-6-7(9(11)12)8(10)4-2;/h7-8,10H,3-6H2,1-2H3,(H,11,12);1H. The van der Waals surface area contributed by atoms with Gasteiger partial charge >= 0.3 is 5.97 Å². The number of hydrogen-bond acceptors (Lipinski definition) is 2. The molecule has 0 fully saturated rings. The predicted molar refractivity (Wildman–Crippen MR) is 54.2 cm³/mol. The van der Waals surface area contributed by atoms with E-state index in [1.807, 2.05) is 6.92 Å². The fourth-order valence-corrected chi connectivity index (χ4v) is 1.19. The third-order valence-corrected chi connectivity index (χ3v) is 2.07. The smallest absolute Gasteiger partial charge is 0.309 e. The second-order valence-electron chi connectivity index (χ2n) is 3.06. The van der Waals surface area contributed by atoms with Gasteiger partial charge in [0.15, 0.2) is 0 Å². The maximum Gasteiger partial charge on any atom is 0.309 e. The van der Waals surface area contributed by atoms with Crippen molar-refractivity contribution in [3.63, 3.8) is 0 Å². The number of aliphatic hydroxyl groups is 1. The molecule has 0 aliphatic rings. The van der Waals surface area contributed by atoms with Crippen LogP contribution in [-0.2, 0) is 4.79 Å². The number of hydrogen-bond donors (Lipinski definition) is 2. The zero-order valence-corrected chi connectivity index (χ0v) is 9.01. The second kappa shape index (κ2) is 8.32. The van der Waals surface area contributed by atoms with Gasteiger partial charge in [-0.05, 0) is 12.8 Å². The van der Waals surface area contributed by atoms with Crippen LogP contribution in [0.15, 0.2) is 0 Å². The van der Waals surface area contributed by atoms with Crippen LogP contribution in [-0.4, -0.2) is 22.3 Å². The summed E-state index contributed by atoms with van der Waals surface area (Å²) in [5.41, 5.74) is 0. The minimum atomic E-state index is -0.877. The number of aliphatic hydroxyl groups excluding tert-OH is 1. The number of aliphatic carboxylic acids is 1. The molecular weight excluding hydrogens is 192 g/mol. The summed E-state index contributed by atoms with van der Waals surface area (Å²) >= 11 is 0. The van der Waals surface area contributed by atoms with Gasteiger partial charge in [-0.25, -0.2) is 0 Å². The van der Waals surface area contributed by atoms with E-state index in [0.29, 0.717) is 12.8 Å². The number of carboxylic acids is 1. The highest BCUT2D eigenvalue weighted by molar-refractivity contribution is 5.85. The minimum absolute atomic E-state index is 0. The summed E-state index contributed by atoms with van der Waals surface area (Å²) < 4.78 is 0. The molecule has 2 N–H and O–H groups in total. The van der Waals surface area contributed by atoms with Gasteiger partial charge in [-0.15, -0.1) is 12.4 Å². The quantitative estimate of drug-likeness (QED) is 0.706. The molecule has 0 radical (unpaired) electrons. The number of carbonyl (C=O) groups is 1. The van der Waals surface area contributed by atoms with E-state index in [4.69, 9.17) is 5.11 Å². The van der Waals surface area contributed by atoms with E-state index in [0.717, 1.165) is 12.8 Å². The molecule has 4 heteroatoms. The van der Waals surface area contributed by atoms with Crippen LogP contribution in [0.4, 0.5) is 0 Å². The normalized spacial score (nSPS) is 14.4. The number of halogens is 1. The highest BCUT2D eigenvalue weighted by atomic mass is 35.5. The molecule has 0 rings (SSSR count). The van der Waals surface area contributed by atoms with E-state index in [1.54, 1.807) is 6.92 Å². The summed E-state index contributed by atoms with van der Waals surface area (Å²) in [5, 5.41) is 18.1. The summed E-state index contributed by atoms with van der Waals surface area (Å²) in [4.78, 5) is 10.6. The van der Waals surface area contributed by atoms with Gasteiger partial charge in [0.25, 0.3) is 0 Å². The van der Waals surface area contributed by atoms with Crippen molar-refractivity contribution in [1.29, 1.82) is 0 Å². The van der Waals surface area contributed by atoms with Crippen molar-refractivity contribution in [2.24, 2.45) is 5.92 Å². The Morgan fingerprint density at radius 3 is 2.23 bits per heavy atom. The van der Waals surface area contributed by atoms with Crippen LogP contribution in [0.25, 0.3) is 0 Å². The zero-order valence-electron chi connectivity index (χ0n) is 8.19. The lowest BCUT2D eigenvalue weighted by Gasteiger charge is -2.16. The molecule has 0 saturated heterocycles. The fourth-order valence-electron chi connectivity index (χ4n) is 1.19. The number of rotatable bonds is 6. The maximum atomic E-state index is 10.6. The van der Waals surface area contributed by atoms with Gasteiger partial charge in [0.2, 0.25) is 0 Å². The Balaban J connectivity index is 0. The van der Waals surface area contributed by atoms with E-state index in [9.17, 15) is 9.90 Å². The van der Waals surface area contributed by atoms with E-state index >= 15 is 0 Å². The van der Waals surface area contributed by atoms with Crippen molar-refractivity contribution in [3.05, 3.63) is 0 Å². The summed E-state index contributed by atoms with van der Waals surface area (Å²) in [6.45, 7) is 3.81. The van der Waals surface area contributed by atoms with Gasteiger partial charge in [-0.3, -0.25) is 4.79 Å². The topological polar surface area (TPSA) is 57.5 Å². The largest absolute Gasteiger partial charge is 0.481 e. The second-order valence-corrected chi connectivity index (χ2v) is 3.06. The zero-order chi connectivity index (χ0) is 9.56. The molecular formula is C9H19ClO3. The lowest BCUT2D eigenvalue weighted by molar-refractivity contribution is -0.146. The van der Waals surface area contributed by atoms with Crippen molar-refractivity contribution in [2.45, 2.75) is 45.6 Å². The summed E-state index contributed by atoms with van der Waals surface area (Å²) in [7, 11) is 0. The van der Waals surface area contributed by atoms with Crippen LogP contribution in [0, 0.1) is 5.92 Å². The van der Waals surface area contributed by atoms with Crippen LogP contribution < -0.4 is 0 Å². The Hall–Kier alpha value is -0.280. The van der Waals surface area contributed by atoms with Gasteiger partial charge in [0.1, 0.15) is 0 Å². The summed E-state index contributed by atoms with van der Waals surface area (Å²) in [5.74, 6) is -1.45. The maximum absolute atomic E-state index is 10.6. The van der Waals surface area contributed by atoms with Gasteiger partial charge in [0.05, 0.1) is 12.0 Å². The van der Waals surface area contributed by atoms with E-state index in [1.165, 1.54) is 0 Å². The van der Waals surface area contributed by atoms with Crippen LogP contribution in [0.5, 0.6) is 0 Å². The van der Waals surface area contributed by atoms with Crippen molar-refractivity contribution in [2.75, 3.05) is 0 Å². The summed E-state index contributed by atoms with van der Waals surface area (Å²) in [6.07, 6.45) is 2.25. The Morgan fingerprint density at radius 2 is 1.92 bits per heavy atom. The Bertz CT molecular complexity index is 139. The Morgan fingerprint density at radius 1 is 1.38 bits per heavy atom. The molecule has 80 valence electrons. The molecule has 13 heavy (non-hydrogen) atoms. The van der Waals surface area contributed by atoms with E-state index < -0.39 is 18.0 Å². The molecule has 0 aromatic heterocycles. The number of unbranched alkanes of at least 4 members (excludes halogenated alkanes) is 1. The van der Waals surface area contributed by atoms with E-state index in [-0.39, 0.29) is 12.4 Å². The molecule has 0 amide bonds. The molecule has 0 aliphatic heterocycles. The molecule has 2 unspecified atom stereocenters. The Labute approximate surface area is 85.6 Å². The SMILES string of the molecule is CCCCC(C(=O)O)C(O)CC.Cl. The molecule has 0 aliphatic carbocycles. The fraction of sp³-hybridized carbons (Fsp3) is 0.889. The first-order valence-electron chi connectivity index (χ1n) is 4.54. The minimum Gasteiger partial charge on any atom is -0.481 e. The average Bonchev–Trinajstić information content (AvgIpc) is 2.04. The van der Waals surface area contributed by atoms with E-state index in [2.05, 4.69) is 0 Å². The highest BCUT2D eigenvalue weighted by Gasteiger charge is 2.23. The average molecular weight is 211 g/mol. The van der Waals surface area contributed by atoms with Crippen molar-refractivity contribution in [1.82, 2.24) is 0 Å². The highest BCUT2D eigenvalue weighted by Crippen LogP contribution is 2.15. The van der Waals surface area contributed by atoms with Gasteiger partial charge in [0, 0.05) is 0 Å². The van der Waals surface area contributed by atoms with Crippen molar-refractivity contribution >= 4 is 18.4 Å². The van der Waals surface area contributed by atoms with Crippen molar-refractivity contribution in [3.8, 4) is 0 Å². The molecule has 0 aromatic rings. The molecule has 0 heterocycles. The third kappa shape index (κ3) is 5.88. The Kier molecular flexibility index (Phi) is 9.74. The molecule has 3 nitrogen and oxygen atoms in total. The lowest BCUT2D eigenvalue weighted by Crippen LogP contribution is -2.27. The first-order valence-corrected chi connectivity index (χ1v) is 4.54. The number of carboxylic acid groups (broad SMARTS) is 1.